The second kappa shape index (κ2) is 6.94. The lowest BCUT2D eigenvalue weighted by molar-refractivity contribution is -0.385. The Kier molecular flexibility index (Phi) is 5.57. The van der Waals surface area contributed by atoms with E-state index in [1.807, 2.05) is 6.92 Å². The van der Waals surface area contributed by atoms with Gasteiger partial charge in [-0.25, -0.2) is 0 Å². The number of nitro benzene ring substituents is 1. The lowest BCUT2D eigenvalue weighted by Gasteiger charge is -2.13. The molecule has 19 heavy (non-hydrogen) atoms. The van der Waals surface area contributed by atoms with Crippen LogP contribution < -0.4 is 9.47 Å². The molecule has 1 aromatic carbocycles. The number of nitro groups is 1. The minimum Gasteiger partial charge on any atom is -0.493 e. The number of hydrogen-bond acceptors (Lipinski definition) is 5. The first-order chi connectivity index (χ1) is 9.03. The minimum absolute atomic E-state index is 0.0622. The second-order valence-electron chi connectivity index (χ2n) is 4.24. The predicted octanol–water partition coefficient (Wildman–Crippen LogP) is 2.32. The molecule has 0 bridgehead atoms. The maximum Gasteiger partial charge on any atom is 0.276 e. The van der Waals surface area contributed by atoms with Gasteiger partial charge in [-0.15, -0.1) is 0 Å². The Morgan fingerprint density at radius 1 is 1.32 bits per heavy atom. The molecule has 1 rings (SSSR count). The SMILES string of the molecule is CCCC(O)Cc1cc(OC)c(OC)cc1[N+](=O)[O-]. The Morgan fingerprint density at radius 2 is 1.89 bits per heavy atom. The van der Waals surface area contributed by atoms with Crippen molar-refractivity contribution >= 4 is 5.69 Å². The standard InChI is InChI=1S/C13H19NO5/c1-4-5-10(15)6-9-7-12(18-2)13(19-3)8-11(9)14(16)17/h7-8,10,15H,4-6H2,1-3H3. The quantitative estimate of drug-likeness (QED) is 0.606. The summed E-state index contributed by atoms with van der Waals surface area (Å²) < 4.78 is 10.2. The smallest absolute Gasteiger partial charge is 0.276 e. The molecule has 1 unspecified atom stereocenters. The fraction of sp³-hybridized carbons (Fsp3) is 0.538. The molecule has 0 aliphatic heterocycles. The number of aliphatic hydroxyl groups is 1. The number of ether oxygens (including phenoxy) is 2. The fourth-order valence-corrected chi connectivity index (χ4v) is 1.93. The highest BCUT2D eigenvalue weighted by Crippen LogP contribution is 2.35. The van der Waals surface area contributed by atoms with Gasteiger partial charge in [0.15, 0.2) is 11.5 Å². The highest BCUT2D eigenvalue weighted by atomic mass is 16.6. The average molecular weight is 269 g/mol. The summed E-state index contributed by atoms with van der Waals surface area (Å²) in [6.45, 7) is 1.95. The van der Waals surface area contributed by atoms with E-state index in [4.69, 9.17) is 9.47 Å². The van der Waals surface area contributed by atoms with Crippen molar-refractivity contribution in [3.8, 4) is 11.5 Å². The van der Waals surface area contributed by atoms with Crippen LogP contribution in [0.2, 0.25) is 0 Å². The molecule has 1 atom stereocenters. The molecule has 0 spiro atoms. The predicted molar refractivity (Wildman–Crippen MR) is 70.8 cm³/mol. The maximum atomic E-state index is 11.1. The Morgan fingerprint density at radius 3 is 2.37 bits per heavy atom. The number of nitrogens with zero attached hydrogens (tertiary/aromatic N) is 1. The summed E-state index contributed by atoms with van der Waals surface area (Å²) in [6, 6.07) is 2.88. The summed E-state index contributed by atoms with van der Waals surface area (Å²) in [5.41, 5.74) is 0.386. The summed E-state index contributed by atoms with van der Waals surface area (Å²) in [6.07, 6.45) is 1.06. The van der Waals surface area contributed by atoms with Crippen LogP contribution in [0.5, 0.6) is 11.5 Å². The van der Waals surface area contributed by atoms with Crippen molar-refractivity contribution in [3.63, 3.8) is 0 Å². The van der Waals surface area contributed by atoms with Crippen LogP contribution in [0.1, 0.15) is 25.3 Å². The van der Waals surface area contributed by atoms with E-state index in [0.717, 1.165) is 6.42 Å². The molecule has 0 saturated heterocycles. The van der Waals surface area contributed by atoms with Crippen molar-refractivity contribution in [1.82, 2.24) is 0 Å². The monoisotopic (exact) mass is 269 g/mol. The van der Waals surface area contributed by atoms with Crippen molar-refractivity contribution < 1.29 is 19.5 Å². The summed E-state index contributed by atoms with van der Waals surface area (Å²) in [4.78, 5) is 10.6. The summed E-state index contributed by atoms with van der Waals surface area (Å²) >= 11 is 0. The molecule has 0 fully saturated rings. The Hall–Kier alpha value is -1.82. The van der Waals surface area contributed by atoms with Gasteiger partial charge in [0.2, 0.25) is 0 Å². The topological polar surface area (TPSA) is 81.8 Å². The third kappa shape index (κ3) is 3.82. The van der Waals surface area contributed by atoms with Crippen LogP contribution in [0.25, 0.3) is 0 Å². The van der Waals surface area contributed by atoms with Gasteiger partial charge in [0.05, 0.1) is 31.3 Å². The number of rotatable bonds is 7. The molecular formula is C13H19NO5. The fourth-order valence-electron chi connectivity index (χ4n) is 1.93. The number of benzene rings is 1. The molecule has 0 heterocycles. The van der Waals surface area contributed by atoms with Gasteiger partial charge in [0, 0.05) is 12.0 Å². The Labute approximate surface area is 112 Å². The van der Waals surface area contributed by atoms with Gasteiger partial charge in [0.25, 0.3) is 5.69 Å². The highest BCUT2D eigenvalue weighted by molar-refractivity contribution is 5.54. The molecule has 0 aliphatic rings. The second-order valence-corrected chi connectivity index (χ2v) is 4.24. The third-order valence-electron chi connectivity index (χ3n) is 2.86. The van der Waals surface area contributed by atoms with Crippen LogP contribution in [0, 0.1) is 10.1 Å². The van der Waals surface area contributed by atoms with Crippen molar-refractivity contribution in [2.45, 2.75) is 32.3 Å². The van der Waals surface area contributed by atoms with E-state index in [1.165, 1.54) is 20.3 Å². The first-order valence-corrected chi connectivity index (χ1v) is 6.10. The Bertz CT molecular complexity index is 447. The zero-order valence-electron chi connectivity index (χ0n) is 11.4. The molecule has 0 radical (unpaired) electrons. The normalized spacial score (nSPS) is 12.0. The minimum atomic E-state index is -0.596. The van der Waals surface area contributed by atoms with E-state index in [9.17, 15) is 15.2 Å². The molecular weight excluding hydrogens is 250 g/mol. The van der Waals surface area contributed by atoms with Gasteiger partial charge in [-0.2, -0.15) is 0 Å². The molecule has 1 N–H and O–H groups in total. The van der Waals surface area contributed by atoms with Crippen molar-refractivity contribution in [2.24, 2.45) is 0 Å². The summed E-state index contributed by atoms with van der Waals surface area (Å²) in [5.74, 6) is 0.731. The lowest BCUT2D eigenvalue weighted by atomic mass is 10.0. The molecule has 0 amide bonds. The number of methoxy groups -OCH3 is 2. The summed E-state index contributed by atoms with van der Waals surface area (Å²) in [7, 11) is 2.89. The lowest BCUT2D eigenvalue weighted by Crippen LogP contribution is -2.11. The number of aliphatic hydroxyl groups excluding tert-OH is 1. The van der Waals surface area contributed by atoms with E-state index in [-0.39, 0.29) is 12.1 Å². The molecule has 106 valence electrons. The van der Waals surface area contributed by atoms with Crippen LogP contribution in [-0.4, -0.2) is 30.4 Å². The molecule has 6 nitrogen and oxygen atoms in total. The molecule has 6 heteroatoms. The molecule has 0 aromatic heterocycles. The van der Waals surface area contributed by atoms with Crippen molar-refractivity contribution in [1.29, 1.82) is 0 Å². The maximum absolute atomic E-state index is 11.1. The Balaban J connectivity index is 3.16. The zero-order valence-corrected chi connectivity index (χ0v) is 11.4. The first-order valence-electron chi connectivity index (χ1n) is 6.10. The van der Waals surface area contributed by atoms with Gasteiger partial charge < -0.3 is 14.6 Å². The highest BCUT2D eigenvalue weighted by Gasteiger charge is 2.21. The number of hydrogen-bond donors (Lipinski definition) is 1. The van der Waals surface area contributed by atoms with E-state index < -0.39 is 11.0 Å². The molecule has 0 aliphatic carbocycles. The first kappa shape index (κ1) is 15.2. The molecule has 0 saturated carbocycles. The van der Waals surface area contributed by atoms with Gasteiger partial charge in [0.1, 0.15) is 0 Å². The van der Waals surface area contributed by atoms with Crippen LogP contribution in [0.3, 0.4) is 0 Å². The van der Waals surface area contributed by atoms with E-state index in [2.05, 4.69) is 0 Å². The zero-order chi connectivity index (χ0) is 14.4. The van der Waals surface area contributed by atoms with Crippen LogP contribution in [0.4, 0.5) is 5.69 Å². The van der Waals surface area contributed by atoms with E-state index in [1.54, 1.807) is 6.07 Å². The van der Waals surface area contributed by atoms with Crippen molar-refractivity contribution in [2.75, 3.05) is 14.2 Å². The van der Waals surface area contributed by atoms with Gasteiger partial charge >= 0.3 is 0 Å². The van der Waals surface area contributed by atoms with Crippen LogP contribution in [-0.2, 0) is 6.42 Å². The van der Waals surface area contributed by atoms with Gasteiger partial charge in [-0.3, -0.25) is 10.1 Å². The summed E-state index contributed by atoms with van der Waals surface area (Å²) in [5, 5.41) is 20.9. The van der Waals surface area contributed by atoms with E-state index >= 15 is 0 Å². The third-order valence-corrected chi connectivity index (χ3v) is 2.86. The van der Waals surface area contributed by atoms with Crippen molar-refractivity contribution in [3.05, 3.63) is 27.8 Å². The average Bonchev–Trinajstić information content (AvgIpc) is 2.38. The largest absolute Gasteiger partial charge is 0.493 e. The van der Waals surface area contributed by atoms with E-state index in [0.29, 0.717) is 23.5 Å². The van der Waals surface area contributed by atoms with Gasteiger partial charge in [-0.05, 0) is 12.5 Å². The molecule has 1 aromatic rings. The van der Waals surface area contributed by atoms with Gasteiger partial charge in [-0.1, -0.05) is 13.3 Å². The van der Waals surface area contributed by atoms with Crippen LogP contribution >= 0.6 is 0 Å². The van der Waals surface area contributed by atoms with Crippen LogP contribution in [0.15, 0.2) is 12.1 Å².